The van der Waals surface area contributed by atoms with E-state index < -0.39 is 0 Å². The molecule has 0 saturated carbocycles. The molecule has 0 aliphatic rings. The molecule has 0 aliphatic carbocycles. The lowest BCUT2D eigenvalue weighted by molar-refractivity contribution is 0.638. The van der Waals surface area contributed by atoms with Crippen molar-refractivity contribution < 1.29 is 4.39 Å². The van der Waals surface area contributed by atoms with E-state index in [-0.39, 0.29) is 5.82 Å². The van der Waals surface area contributed by atoms with E-state index in [0.29, 0.717) is 11.0 Å². The Kier molecular flexibility index (Phi) is 1.28. The van der Waals surface area contributed by atoms with Gasteiger partial charge in [0, 0.05) is 12.4 Å². The number of aromatic nitrogens is 2. The molecule has 0 unspecified atom stereocenters. The van der Waals surface area contributed by atoms with Crippen LogP contribution in [0.5, 0.6) is 0 Å². The number of pyridine rings is 2. The van der Waals surface area contributed by atoms with Crippen LogP contribution in [0.3, 0.4) is 0 Å². The molecule has 0 N–H and O–H groups in total. The van der Waals surface area contributed by atoms with E-state index in [0.717, 1.165) is 0 Å². The molecule has 0 atom stereocenters. The Balaban J connectivity index is 2.91. The minimum Gasteiger partial charge on any atom is -0.237 e. The van der Waals surface area contributed by atoms with Gasteiger partial charge in [0.15, 0.2) is 5.65 Å². The maximum absolute atomic E-state index is 12.9. The second-order valence-electron chi connectivity index (χ2n) is 2.17. The lowest BCUT2D eigenvalue weighted by Gasteiger charge is -1.94. The third-order valence-electron chi connectivity index (χ3n) is 1.46. The van der Waals surface area contributed by atoms with E-state index in [1.807, 2.05) is 0 Å². The van der Waals surface area contributed by atoms with E-state index in [4.69, 9.17) is 0 Å². The van der Waals surface area contributed by atoms with Crippen molar-refractivity contribution in [3.05, 3.63) is 36.4 Å². The van der Waals surface area contributed by atoms with E-state index in [9.17, 15) is 4.39 Å². The molecule has 0 aromatic carbocycles. The summed E-state index contributed by atoms with van der Waals surface area (Å²) in [5.74, 6) is -0.275. The molecule has 0 spiro atoms. The highest BCUT2D eigenvalue weighted by atomic mass is 19.1. The SMILES string of the molecule is Fc1ccnc2ncccc12. The summed E-state index contributed by atoms with van der Waals surface area (Å²) in [6, 6.07) is 4.67. The molecule has 0 saturated heterocycles. The first kappa shape index (κ1) is 6.22. The summed E-state index contributed by atoms with van der Waals surface area (Å²) in [6.07, 6.45) is 3.00. The average Bonchev–Trinajstić information content (AvgIpc) is 2.06. The van der Waals surface area contributed by atoms with Gasteiger partial charge < -0.3 is 0 Å². The number of rotatable bonds is 0. The lowest BCUT2D eigenvalue weighted by atomic mass is 10.3. The molecule has 0 aliphatic heterocycles. The van der Waals surface area contributed by atoms with Gasteiger partial charge in [-0.3, -0.25) is 0 Å². The Hall–Kier alpha value is -1.51. The van der Waals surface area contributed by atoms with Crippen molar-refractivity contribution in [1.82, 2.24) is 9.97 Å². The standard InChI is InChI=1S/C8H5FN2/c9-7-3-5-11-8-6(7)2-1-4-10-8/h1-5H. The number of nitrogens with zero attached hydrogens (tertiary/aromatic N) is 2. The summed E-state index contributed by atoms with van der Waals surface area (Å²) in [6.45, 7) is 0. The maximum atomic E-state index is 12.9. The van der Waals surface area contributed by atoms with Crippen molar-refractivity contribution >= 4 is 11.0 Å². The van der Waals surface area contributed by atoms with Gasteiger partial charge in [-0.15, -0.1) is 0 Å². The van der Waals surface area contributed by atoms with Crippen LogP contribution in [0.2, 0.25) is 0 Å². The van der Waals surface area contributed by atoms with Crippen LogP contribution in [0.15, 0.2) is 30.6 Å². The van der Waals surface area contributed by atoms with Crippen LogP contribution >= 0.6 is 0 Å². The van der Waals surface area contributed by atoms with Gasteiger partial charge in [-0.1, -0.05) is 0 Å². The highest BCUT2D eigenvalue weighted by Crippen LogP contribution is 2.10. The highest BCUT2D eigenvalue weighted by molar-refractivity contribution is 5.74. The minimum absolute atomic E-state index is 0.275. The van der Waals surface area contributed by atoms with Crippen LogP contribution in [-0.4, -0.2) is 9.97 Å². The molecule has 0 amide bonds. The zero-order valence-electron chi connectivity index (χ0n) is 5.66. The summed E-state index contributed by atoms with van der Waals surface area (Å²) in [5, 5.41) is 0.468. The predicted octanol–water partition coefficient (Wildman–Crippen LogP) is 1.77. The fourth-order valence-corrected chi connectivity index (χ4v) is 0.949. The van der Waals surface area contributed by atoms with Crippen molar-refractivity contribution in [2.24, 2.45) is 0 Å². The second kappa shape index (κ2) is 2.27. The predicted molar refractivity (Wildman–Crippen MR) is 39.5 cm³/mol. The number of fused-ring (bicyclic) bond motifs is 1. The van der Waals surface area contributed by atoms with Gasteiger partial charge in [-0.25, -0.2) is 14.4 Å². The van der Waals surface area contributed by atoms with Crippen LogP contribution in [0, 0.1) is 5.82 Å². The maximum Gasteiger partial charge on any atom is 0.162 e. The molecule has 2 aromatic rings. The molecule has 11 heavy (non-hydrogen) atoms. The molecule has 2 nitrogen and oxygen atoms in total. The topological polar surface area (TPSA) is 25.8 Å². The molecule has 3 heteroatoms. The third-order valence-corrected chi connectivity index (χ3v) is 1.46. The summed E-state index contributed by atoms with van der Waals surface area (Å²) >= 11 is 0. The van der Waals surface area contributed by atoms with E-state index >= 15 is 0 Å². The molecule has 2 heterocycles. The van der Waals surface area contributed by atoms with Gasteiger partial charge in [0.05, 0.1) is 5.39 Å². The second-order valence-corrected chi connectivity index (χ2v) is 2.17. The van der Waals surface area contributed by atoms with Gasteiger partial charge in [-0.05, 0) is 18.2 Å². The van der Waals surface area contributed by atoms with E-state index in [1.54, 1.807) is 18.3 Å². The summed E-state index contributed by atoms with van der Waals surface area (Å²) in [7, 11) is 0. The van der Waals surface area contributed by atoms with E-state index in [2.05, 4.69) is 9.97 Å². The lowest BCUT2D eigenvalue weighted by Crippen LogP contribution is -1.84. The largest absolute Gasteiger partial charge is 0.237 e. The van der Waals surface area contributed by atoms with Crippen LogP contribution in [0.1, 0.15) is 0 Å². The smallest absolute Gasteiger partial charge is 0.162 e. The molecular weight excluding hydrogens is 143 g/mol. The summed E-state index contributed by atoms with van der Waals surface area (Å²) < 4.78 is 12.9. The quantitative estimate of drug-likeness (QED) is 0.569. The Morgan fingerprint density at radius 1 is 1.09 bits per heavy atom. The first-order valence-electron chi connectivity index (χ1n) is 3.23. The zero-order chi connectivity index (χ0) is 7.68. The fraction of sp³-hybridized carbons (Fsp3) is 0. The van der Waals surface area contributed by atoms with Gasteiger partial charge in [-0.2, -0.15) is 0 Å². The normalized spacial score (nSPS) is 10.3. The highest BCUT2D eigenvalue weighted by Gasteiger charge is 1.98. The third kappa shape index (κ3) is 0.941. The molecule has 0 radical (unpaired) electrons. The Labute approximate surface area is 62.7 Å². The van der Waals surface area contributed by atoms with Crippen LogP contribution in [-0.2, 0) is 0 Å². The fourth-order valence-electron chi connectivity index (χ4n) is 0.949. The molecule has 54 valence electrons. The monoisotopic (exact) mass is 148 g/mol. The first-order chi connectivity index (χ1) is 5.38. The summed E-state index contributed by atoms with van der Waals surface area (Å²) in [4.78, 5) is 7.78. The molecule has 0 fully saturated rings. The Bertz CT molecular complexity index is 381. The summed E-state index contributed by atoms with van der Waals surface area (Å²) in [5.41, 5.74) is 0.451. The number of hydrogen-bond donors (Lipinski definition) is 0. The molecule has 2 aromatic heterocycles. The number of hydrogen-bond acceptors (Lipinski definition) is 2. The van der Waals surface area contributed by atoms with Crippen LogP contribution < -0.4 is 0 Å². The van der Waals surface area contributed by atoms with Crippen molar-refractivity contribution in [2.45, 2.75) is 0 Å². The minimum atomic E-state index is -0.275. The van der Waals surface area contributed by atoms with Crippen molar-refractivity contribution in [2.75, 3.05) is 0 Å². The van der Waals surface area contributed by atoms with Crippen molar-refractivity contribution in [1.29, 1.82) is 0 Å². The zero-order valence-corrected chi connectivity index (χ0v) is 5.66. The molecule has 0 bridgehead atoms. The Morgan fingerprint density at radius 2 is 1.91 bits per heavy atom. The van der Waals surface area contributed by atoms with Gasteiger partial charge >= 0.3 is 0 Å². The van der Waals surface area contributed by atoms with Gasteiger partial charge in [0.2, 0.25) is 0 Å². The van der Waals surface area contributed by atoms with Crippen LogP contribution in [0.4, 0.5) is 4.39 Å². The Morgan fingerprint density at radius 3 is 2.73 bits per heavy atom. The molecular formula is C8H5FN2. The van der Waals surface area contributed by atoms with Crippen molar-refractivity contribution in [3.63, 3.8) is 0 Å². The van der Waals surface area contributed by atoms with Crippen molar-refractivity contribution in [3.8, 4) is 0 Å². The average molecular weight is 148 g/mol. The first-order valence-corrected chi connectivity index (χ1v) is 3.23. The van der Waals surface area contributed by atoms with Crippen LogP contribution in [0.25, 0.3) is 11.0 Å². The van der Waals surface area contributed by atoms with Gasteiger partial charge in [0.25, 0.3) is 0 Å². The van der Waals surface area contributed by atoms with Gasteiger partial charge in [0.1, 0.15) is 5.82 Å². The molecule has 2 rings (SSSR count). The van der Waals surface area contributed by atoms with E-state index in [1.165, 1.54) is 12.3 Å². The number of halogens is 1.